The van der Waals surface area contributed by atoms with Gasteiger partial charge in [-0.15, -0.1) is 11.8 Å². The van der Waals surface area contributed by atoms with Gasteiger partial charge in [0.25, 0.3) is 23.2 Å². The van der Waals surface area contributed by atoms with Crippen molar-refractivity contribution in [1.82, 2.24) is 10.2 Å². The molecule has 0 radical (unpaired) electrons. The van der Waals surface area contributed by atoms with Crippen molar-refractivity contribution in [2.45, 2.75) is 24.6 Å². The van der Waals surface area contributed by atoms with E-state index in [-0.39, 0.29) is 31.2 Å². The molecule has 2 aromatic carbocycles. The Hall–Kier alpha value is -3.97. The van der Waals surface area contributed by atoms with Crippen molar-refractivity contribution in [1.29, 1.82) is 0 Å². The van der Waals surface area contributed by atoms with Crippen LogP contribution < -0.4 is 5.32 Å². The van der Waals surface area contributed by atoms with Crippen LogP contribution in [0.1, 0.15) is 22.8 Å². The van der Waals surface area contributed by atoms with E-state index in [0.717, 1.165) is 0 Å². The summed E-state index contributed by atoms with van der Waals surface area (Å²) in [6.45, 7) is 0.595. The lowest BCUT2D eigenvalue weighted by Crippen LogP contribution is -2.82. The first-order valence-electron chi connectivity index (χ1n) is 11.5. The minimum Gasteiger partial charge on any atom is -0.465 e. The van der Waals surface area contributed by atoms with E-state index in [9.17, 15) is 29.3 Å². The summed E-state index contributed by atoms with van der Waals surface area (Å²) >= 11 is 1.20. The lowest BCUT2D eigenvalue weighted by Gasteiger charge is -2.58. The van der Waals surface area contributed by atoms with Crippen LogP contribution in [0.5, 0.6) is 0 Å². The largest absolute Gasteiger partial charge is 0.465 e. The van der Waals surface area contributed by atoms with Gasteiger partial charge in [-0.05, 0) is 29.8 Å². The molecule has 2 unspecified atom stereocenters. The number of carbonyl (C=O) groups is 4. The fourth-order valence-corrected chi connectivity index (χ4v) is 5.87. The maximum absolute atomic E-state index is 13.3. The number of carbonyl (C=O) groups excluding carboxylic acids is 4. The van der Waals surface area contributed by atoms with Crippen LogP contribution in [-0.4, -0.2) is 70.7 Å². The molecule has 3 atom stereocenters. The minimum absolute atomic E-state index is 0.0987. The molecular weight excluding hydrogens is 518 g/mol. The summed E-state index contributed by atoms with van der Waals surface area (Å²) in [5.41, 5.74) is -2.20. The number of hydrogen-bond acceptors (Lipinski definition) is 10. The number of fused-ring (bicyclic) bond motifs is 1. The van der Waals surface area contributed by atoms with Gasteiger partial charge in [-0.3, -0.25) is 29.3 Å². The molecular formula is C25H25N3O9S. The Kier molecular flexibility index (Phi) is 7.69. The molecule has 13 heteroatoms. The number of nitro benzene ring substituents is 1. The van der Waals surface area contributed by atoms with Crippen LogP contribution in [0.2, 0.25) is 0 Å². The van der Waals surface area contributed by atoms with Crippen LogP contribution in [0.4, 0.5) is 5.69 Å². The SMILES string of the molecule is COC1(NC(=O)c2ccccc2)C(=O)N2CC(COC(C)=O)(C(=O)OCc3ccc([N+](=O)[O-])cc3)CS[C@@H]21. The number of nitrogens with one attached hydrogen (secondary N) is 1. The van der Waals surface area contributed by atoms with Crippen LogP contribution in [0.25, 0.3) is 0 Å². The first-order chi connectivity index (χ1) is 18.1. The van der Waals surface area contributed by atoms with Crippen molar-refractivity contribution in [3.8, 4) is 0 Å². The van der Waals surface area contributed by atoms with Gasteiger partial charge in [0.1, 0.15) is 24.0 Å². The summed E-state index contributed by atoms with van der Waals surface area (Å²) in [6, 6.07) is 13.9. The van der Waals surface area contributed by atoms with Gasteiger partial charge in [0.15, 0.2) is 0 Å². The third-order valence-corrected chi connectivity index (χ3v) is 7.98. The molecule has 2 aliphatic rings. The van der Waals surface area contributed by atoms with Gasteiger partial charge in [0, 0.05) is 44.0 Å². The lowest BCUT2D eigenvalue weighted by molar-refractivity contribution is -0.384. The van der Waals surface area contributed by atoms with Crippen molar-refractivity contribution in [2.75, 3.05) is 26.0 Å². The highest BCUT2D eigenvalue weighted by Gasteiger charge is 2.68. The molecule has 2 aromatic rings. The molecule has 12 nitrogen and oxygen atoms in total. The van der Waals surface area contributed by atoms with Gasteiger partial charge < -0.3 is 24.4 Å². The number of nitro groups is 1. The first kappa shape index (κ1) is 27.1. The number of thioether (sulfide) groups is 1. The summed E-state index contributed by atoms with van der Waals surface area (Å²) in [5, 5.41) is 12.9. The number of esters is 2. The summed E-state index contributed by atoms with van der Waals surface area (Å²) in [4.78, 5) is 62.6. The Morgan fingerprint density at radius 2 is 1.82 bits per heavy atom. The second-order valence-corrected chi connectivity index (χ2v) is 9.99. The topological polar surface area (TPSA) is 154 Å². The van der Waals surface area contributed by atoms with Gasteiger partial charge in [-0.1, -0.05) is 18.2 Å². The van der Waals surface area contributed by atoms with E-state index in [1.807, 2.05) is 0 Å². The number of methoxy groups -OCH3 is 1. The summed E-state index contributed by atoms with van der Waals surface area (Å²) in [6.07, 6.45) is 0. The maximum Gasteiger partial charge on any atom is 0.318 e. The zero-order chi connectivity index (χ0) is 27.5. The predicted octanol–water partition coefficient (Wildman–Crippen LogP) is 1.88. The Morgan fingerprint density at radius 1 is 1.13 bits per heavy atom. The normalized spacial score (nSPS) is 24.0. The van der Waals surface area contributed by atoms with Crippen LogP contribution >= 0.6 is 11.8 Å². The Balaban J connectivity index is 1.48. The van der Waals surface area contributed by atoms with Crippen molar-refractivity contribution in [2.24, 2.45) is 5.41 Å². The van der Waals surface area contributed by atoms with Crippen LogP contribution in [0, 0.1) is 15.5 Å². The smallest absolute Gasteiger partial charge is 0.318 e. The molecule has 1 N–H and O–H groups in total. The van der Waals surface area contributed by atoms with Gasteiger partial charge in [-0.25, -0.2) is 0 Å². The van der Waals surface area contributed by atoms with E-state index in [1.165, 1.54) is 55.0 Å². The van der Waals surface area contributed by atoms with Gasteiger partial charge in [0.05, 0.1) is 4.92 Å². The standard InChI is InChI=1S/C25H25N3O9S/c1-16(29)37-14-24(23(32)36-12-17-8-10-19(11-9-17)28(33)34)13-27-21(31)25(35-2,22(27)38-15-24)26-20(30)18-6-4-3-5-7-18/h3-11,22H,12-15H2,1-2H3,(H,26,30)/t22-,24?,25?/m1/s1. The molecule has 2 fully saturated rings. The number of hydrogen-bond donors (Lipinski definition) is 1. The van der Waals surface area contributed by atoms with E-state index in [1.54, 1.807) is 30.3 Å². The van der Waals surface area contributed by atoms with E-state index >= 15 is 0 Å². The number of rotatable bonds is 9. The fourth-order valence-electron chi connectivity index (χ4n) is 4.26. The quantitative estimate of drug-likeness (QED) is 0.163. The second-order valence-electron chi connectivity index (χ2n) is 8.92. The van der Waals surface area contributed by atoms with E-state index in [2.05, 4.69) is 5.32 Å². The average molecular weight is 544 g/mol. The number of β-lactam (4-membered cyclic amide) rings is 1. The highest BCUT2D eigenvalue weighted by Crippen LogP contribution is 2.48. The van der Waals surface area contributed by atoms with Crippen molar-refractivity contribution < 1.29 is 38.3 Å². The summed E-state index contributed by atoms with van der Waals surface area (Å²) in [7, 11) is 1.32. The van der Waals surface area contributed by atoms with Gasteiger partial charge in [0.2, 0.25) is 0 Å². The molecule has 38 heavy (non-hydrogen) atoms. The Labute approximate surface area is 221 Å². The number of nitrogens with zero attached hydrogens (tertiary/aromatic N) is 2. The molecule has 2 amide bonds. The monoisotopic (exact) mass is 543 g/mol. The van der Waals surface area contributed by atoms with Crippen LogP contribution in [0.15, 0.2) is 54.6 Å². The van der Waals surface area contributed by atoms with Crippen molar-refractivity contribution in [3.05, 3.63) is 75.8 Å². The molecule has 0 aromatic heterocycles. The molecule has 200 valence electrons. The molecule has 2 saturated heterocycles. The minimum atomic E-state index is -1.62. The third kappa shape index (κ3) is 5.07. The highest BCUT2D eigenvalue weighted by atomic mass is 32.2. The molecule has 4 rings (SSSR count). The Morgan fingerprint density at radius 3 is 2.42 bits per heavy atom. The lowest BCUT2D eigenvalue weighted by atomic mass is 9.86. The van der Waals surface area contributed by atoms with Crippen molar-refractivity contribution in [3.63, 3.8) is 0 Å². The average Bonchev–Trinajstić information content (AvgIpc) is 2.93. The number of benzene rings is 2. The predicted molar refractivity (Wildman–Crippen MR) is 134 cm³/mol. The molecule has 2 aliphatic heterocycles. The van der Waals surface area contributed by atoms with E-state index < -0.39 is 45.2 Å². The van der Waals surface area contributed by atoms with Crippen LogP contribution in [0.3, 0.4) is 0 Å². The zero-order valence-electron chi connectivity index (χ0n) is 20.6. The summed E-state index contributed by atoms with van der Waals surface area (Å²) < 4.78 is 16.2. The van der Waals surface area contributed by atoms with Gasteiger partial charge in [-0.2, -0.15) is 0 Å². The van der Waals surface area contributed by atoms with Crippen molar-refractivity contribution >= 4 is 41.2 Å². The molecule has 0 spiro atoms. The van der Waals surface area contributed by atoms with Gasteiger partial charge >= 0.3 is 11.9 Å². The van der Waals surface area contributed by atoms with E-state index in [0.29, 0.717) is 11.1 Å². The molecule has 0 saturated carbocycles. The fraction of sp³-hybridized carbons (Fsp3) is 0.360. The molecule has 2 heterocycles. The first-order valence-corrected chi connectivity index (χ1v) is 12.6. The van der Waals surface area contributed by atoms with E-state index in [4.69, 9.17) is 14.2 Å². The number of non-ortho nitro benzene ring substituents is 1. The molecule has 0 aliphatic carbocycles. The number of amides is 2. The highest BCUT2D eigenvalue weighted by molar-refractivity contribution is 8.00. The second kappa shape index (κ2) is 10.8. The maximum atomic E-state index is 13.3. The summed E-state index contributed by atoms with van der Waals surface area (Å²) in [5.74, 6) is -2.22. The molecule has 0 bridgehead atoms. The zero-order valence-corrected chi connectivity index (χ0v) is 21.4. The van der Waals surface area contributed by atoms with Crippen LogP contribution in [-0.2, 0) is 35.2 Å². The Bertz CT molecular complexity index is 1260. The number of ether oxygens (including phenoxy) is 3. The third-order valence-electron chi connectivity index (χ3n) is 6.36.